The number of hydrogen-bond acceptors (Lipinski definition) is 5. The summed E-state index contributed by atoms with van der Waals surface area (Å²) >= 11 is 0.937. The number of ether oxygens (including phenoxy) is 1. The topological polar surface area (TPSA) is 68.6 Å². The average molecular weight is 433 g/mol. The third kappa shape index (κ3) is 3.80. The van der Waals surface area contributed by atoms with Crippen molar-refractivity contribution in [2.45, 2.75) is 13.8 Å². The lowest BCUT2D eigenvalue weighted by atomic mass is 10.2. The molecule has 0 saturated carbocycles. The lowest BCUT2D eigenvalue weighted by Gasteiger charge is -2.11. The van der Waals surface area contributed by atoms with Gasteiger partial charge in [0.05, 0.1) is 23.3 Å². The smallest absolute Gasteiger partial charge is 0.337 e. The SMILES string of the molecule is COC(=O)c1ccc(-n2c(C)cc(/C=C3\SC(=O)N(c4ccccc4)C3=O)c2C)cc1. The molecule has 0 radical (unpaired) electrons. The van der Waals surface area contributed by atoms with E-state index >= 15 is 0 Å². The summed E-state index contributed by atoms with van der Waals surface area (Å²) in [6, 6.07) is 18.0. The van der Waals surface area contributed by atoms with Crippen LogP contribution in [0.1, 0.15) is 27.3 Å². The monoisotopic (exact) mass is 432 g/mol. The van der Waals surface area contributed by atoms with Gasteiger partial charge in [0.25, 0.3) is 11.1 Å². The molecule has 1 fully saturated rings. The molecule has 1 saturated heterocycles. The zero-order valence-electron chi connectivity index (χ0n) is 17.3. The summed E-state index contributed by atoms with van der Waals surface area (Å²) in [6.45, 7) is 3.92. The van der Waals surface area contributed by atoms with E-state index in [-0.39, 0.29) is 17.1 Å². The van der Waals surface area contributed by atoms with Crippen molar-refractivity contribution >= 4 is 40.6 Å². The van der Waals surface area contributed by atoms with Gasteiger partial charge in [-0.1, -0.05) is 18.2 Å². The van der Waals surface area contributed by atoms with Crippen LogP contribution in [0, 0.1) is 13.8 Å². The first-order chi connectivity index (χ1) is 14.9. The van der Waals surface area contributed by atoms with Crippen LogP contribution < -0.4 is 4.90 Å². The molecule has 2 amide bonds. The minimum absolute atomic E-state index is 0.311. The van der Waals surface area contributed by atoms with Gasteiger partial charge in [-0.25, -0.2) is 9.69 Å². The number of hydrogen-bond donors (Lipinski definition) is 0. The van der Waals surface area contributed by atoms with Crippen molar-refractivity contribution in [1.82, 2.24) is 4.57 Å². The number of para-hydroxylation sites is 1. The lowest BCUT2D eigenvalue weighted by Crippen LogP contribution is -2.27. The van der Waals surface area contributed by atoms with Crippen molar-refractivity contribution in [3.05, 3.63) is 88.1 Å². The van der Waals surface area contributed by atoms with E-state index < -0.39 is 0 Å². The Hall–Kier alpha value is -3.58. The number of imide groups is 1. The number of esters is 1. The van der Waals surface area contributed by atoms with Crippen LogP contribution in [-0.2, 0) is 9.53 Å². The van der Waals surface area contributed by atoms with Gasteiger partial charge in [0, 0.05) is 17.1 Å². The van der Waals surface area contributed by atoms with Crippen molar-refractivity contribution in [1.29, 1.82) is 0 Å². The molecule has 2 heterocycles. The molecule has 3 aromatic rings. The van der Waals surface area contributed by atoms with Crippen LogP contribution in [0.5, 0.6) is 0 Å². The maximum Gasteiger partial charge on any atom is 0.337 e. The molecule has 6 nitrogen and oxygen atoms in total. The zero-order chi connectivity index (χ0) is 22.1. The molecule has 0 atom stereocenters. The Morgan fingerprint density at radius 1 is 0.968 bits per heavy atom. The predicted molar refractivity (Wildman–Crippen MR) is 121 cm³/mol. The molecule has 156 valence electrons. The van der Waals surface area contributed by atoms with E-state index in [2.05, 4.69) is 0 Å². The molecule has 1 aliphatic rings. The van der Waals surface area contributed by atoms with E-state index in [0.29, 0.717) is 16.2 Å². The van der Waals surface area contributed by atoms with Gasteiger partial charge in [-0.05, 0) is 79.7 Å². The fourth-order valence-electron chi connectivity index (χ4n) is 3.60. The minimum atomic E-state index is -0.387. The number of carbonyl (C=O) groups excluding carboxylic acids is 3. The standard InChI is InChI=1S/C24H20N2O4S/c1-15-13-18(16(2)25(15)20-11-9-17(10-12-20)23(28)30-3)14-21-22(27)26(24(29)31-21)19-7-5-4-6-8-19/h4-14H,1-3H3/b21-14-. The molecule has 0 aliphatic carbocycles. The summed E-state index contributed by atoms with van der Waals surface area (Å²) in [5.41, 5.74) is 4.67. The van der Waals surface area contributed by atoms with Gasteiger partial charge in [0.1, 0.15) is 0 Å². The molecule has 4 rings (SSSR count). The highest BCUT2D eigenvalue weighted by atomic mass is 32.2. The Kier molecular flexibility index (Phi) is 5.52. The molecular formula is C24H20N2O4S. The van der Waals surface area contributed by atoms with Gasteiger partial charge < -0.3 is 9.30 Å². The van der Waals surface area contributed by atoms with Gasteiger partial charge in [0.2, 0.25) is 0 Å². The number of thioether (sulfide) groups is 1. The van der Waals surface area contributed by atoms with E-state index in [1.54, 1.807) is 42.5 Å². The minimum Gasteiger partial charge on any atom is -0.465 e. The van der Waals surface area contributed by atoms with Gasteiger partial charge in [-0.2, -0.15) is 0 Å². The number of nitrogens with zero attached hydrogens (tertiary/aromatic N) is 2. The summed E-state index contributed by atoms with van der Waals surface area (Å²) in [5, 5.41) is -0.311. The van der Waals surface area contributed by atoms with E-state index in [4.69, 9.17) is 4.74 Å². The van der Waals surface area contributed by atoms with Crippen LogP contribution in [0.15, 0.2) is 65.6 Å². The molecule has 0 bridgehead atoms. The molecule has 7 heteroatoms. The average Bonchev–Trinajstić information content (AvgIpc) is 3.22. The Morgan fingerprint density at radius 3 is 2.29 bits per heavy atom. The Bertz CT molecular complexity index is 1210. The van der Waals surface area contributed by atoms with E-state index in [0.717, 1.165) is 34.4 Å². The molecule has 0 spiro atoms. The van der Waals surface area contributed by atoms with Crippen molar-refractivity contribution in [2.24, 2.45) is 0 Å². The molecule has 1 aliphatic heterocycles. The van der Waals surface area contributed by atoms with Crippen LogP contribution in [0.2, 0.25) is 0 Å². The summed E-state index contributed by atoms with van der Waals surface area (Å²) < 4.78 is 6.78. The Balaban J connectivity index is 1.66. The highest BCUT2D eigenvalue weighted by Gasteiger charge is 2.36. The highest BCUT2D eigenvalue weighted by Crippen LogP contribution is 2.36. The van der Waals surface area contributed by atoms with E-state index in [1.807, 2.05) is 42.7 Å². The van der Waals surface area contributed by atoms with Gasteiger partial charge in [-0.15, -0.1) is 0 Å². The molecule has 31 heavy (non-hydrogen) atoms. The fourth-order valence-corrected chi connectivity index (χ4v) is 4.44. The third-order valence-corrected chi connectivity index (χ3v) is 5.98. The van der Waals surface area contributed by atoms with Crippen LogP contribution in [0.3, 0.4) is 0 Å². The number of amides is 2. The third-order valence-electron chi connectivity index (χ3n) is 5.11. The molecular weight excluding hydrogens is 412 g/mol. The summed E-state index contributed by atoms with van der Waals surface area (Å²) in [7, 11) is 1.35. The van der Waals surface area contributed by atoms with Crippen LogP contribution in [0.4, 0.5) is 10.5 Å². The Labute approximate surface area is 184 Å². The van der Waals surface area contributed by atoms with Gasteiger partial charge in [0.15, 0.2) is 0 Å². The number of methoxy groups -OCH3 is 1. The summed E-state index contributed by atoms with van der Waals surface area (Å²) in [6.07, 6.45) is 1.76. The zero-order valence-corrected chi connectivity index (χ0v) is 18.1. The van der Waals surface area contributed by atoms with Crippen LogP contribution >= 0.6 is 11.8 Å². The lowest BCUT2D eigenvalue weighted by molar-refractivity contribution is -0.113. The number of aryl methyl sites for hydroxylation is 1. The maximum atomic E-state index is 12.9. The first-order valence-electron chi connectivity index (χ1n) is 9.61. The number of aromatic nitrogens is 1. The largest absolute Gasteiger partial charge is 0.465 e. The summed E-state index contributed by atoms with van der Waals surface area (Å²) in [5.74, 6) is -0.712. The molecule has 0 unspecified atom stereocenters. The second kappa shape index (κ2) is 8.28. The molecule has 2 aromatic carbocycles. The van der Waals surface area contributed by atoms with E-state index in [1.165, 1.54) is 12.0 Å². The Morgan fingerprint density at radius 2 is 1.65 bits per heavy atom. The first-order valence-corrected chi connectivity index (χ1v) is 10.4. The normalized spacial score (nSPS) is 15.1. The highest BCUT2D eigenvalue weighted by molar-refractivity contribution is 8.19. The van der Waals surface area contributed by atoms with Crippen LogP contribution in [0.25, 0.3) is 11.8 Å². The van der Waals surface area contributed by atoms with Crippen molar-refractivity contribution in [2.75, 3.05) is 12.0 Å². The number of benzene rings is 2. The fraction of sp³-hybridized carbons (Fsp3) is 0.125. The van der Waals surface area contributed by atoms with Gasteiger partial charge in [-0.3, -0.25) is 9.59 Å². The van der Waals surface area contributed by atoms with Crippen molar-refractivity contribution in [3.63, 3.8) is 0 Å². The van der Waals surface area contributed by atoms with Crippen molar-refractivity contribution in [3.8, 4) is 5.69 Å². The van der Waals surface area contributed by atoms with Crippen LogP contribution in [-0.4, -0.2) is 28.8 Å². The second-order valence-corrected chi connectivity index (χ2v) is 8.05. The second-order valence-electron chi connectivity index (χ2n) is 7.05. The van der Waals surface area contributed by atoms with Gasteiger partial charge >= 0.3 is 5.97 Å². The summed E-state index contributed by atoms with van der Waals surface area (Å²) in [4.78, 5) is 38.6. The number of anilines is 1. The first kappa shape index (κ1) is 20.7. The number of carbonyl (C=O) groups is 3. The maximum absolute atomic E-state index is 12.9. The molecule has 1 aromatic heterocycles. The predicted octanol–water partition coefficient (Wildman–Crippen LogP) is 5.12. The number of rotatable bonds is 4. The van der Waals surface area contributed by atoms with Crippen molar-refractivity contribution < 1.29 is 19.1 Å². The molecule has 0 N–H and O–H groups in total. The quantitative estimate of drug-likeness (QED) is 0.423. The van der Waals surface area contributed by atoms with E-state index in [9.17, 15) is 14.4 Å².